The van der Waals surface area contributed by atoms with Gasteiger partial charge in [-0.05, 0) is 30.6 Å². The van der Waals surface area contributed by atoms with Gasteiger partial charge in [0, 0.05) is 5.41 Å². The summed E-state index contributed by atoms with van der Waals surface area (Å²) in [5.41, 5.74) is 0.724. The van der Waals surface area contributed by atoms with E-state index in [1.54, 1.807) is 0 Å². The van der Waals surface area contributed by atoms with Gasteiger partial charge in [0.2, 0.25) is 0 Å². The minimum absolute atomic E-state index is 0.100. The number of aliphatic carboxylic acids is 2. The zero-order valence-corrected chi connectivity index (χ0v) is 10.0. The first kappa shape index (κ1) is 11.5. The van der Waals surface area contributed by atoms with Crippen molar-refractivity contribution in [1.29, 1.82) is 0 Å². The molecule has 0 heterocycles. The number of carbonyl (C=O) groups is 2. The summed E-state index contributed by atoms with van der Waals surface area (Å²) >= 11 is 0. The predicted octanol–water partition coefficient (Wildman–Crippen LogP) is 2.07. The highest BCUT2D eigenvalue weighted by atomic mass is 16.4. The first-order valence-corrected chi connectivity index (χ1v) is 6.33. The molecule has 1 saturated carbocycles. The normalized spacial score (nSPS) is 39.8. The Balaban J connectivity index is 1.85. The van der Waals surface area contributed by atoms with Crippen LogP contribution in [-0.2, 0) is 9.59 Å². The SMILES string of the molecule is O=C(O)CC1=CC2C(C1)C1C=CC2(CC(=O)O)C1. The van der Waals surface area contributed by atoms with Gasteiger partial charge in [0.05, 0.1) is 12.8 Å². The molecule has 2 bridgehead atoms. The highest BCUT2D eigenvalue weighted by Crippen LogP contribution is 2.63. The van der Waals surface area contributed by atoms with E-state index >= 15 is 0 Å². The van der Waals surface area contributed by atoms with Crippen molar-refractivity contribution in [2.45, 2.75) is 25.7 Å². The Kier molecular flexibility index (Phi) is 2.37. The highest BCUT2D eigenvalue weighted by Gasteiger charge is 2.56. The van der Waals surface area contributed by atoms with Crippen LogP contribution in [0, 0.1) is 23.2 Å². The molecule has 0 saturated heterocycles. The first-order valence-electron chi connectivity index (χ1n) is 6.33. The van der Waals surface area contributed by atoms with Gasteiger partial charge >= 0.3 is 11.9 Å². The molecule has 0 aliphatic heterocycles. The van der Waals surface area contributed by atoms with Crippen molar-refractivity contribution in [3.05, 3.63) is 23.8 Å². The molecule has 0 radical (unpaired) electrons. The standard InChI is InChI=1S/C14H16O4/c15-12(16)5-8-3-10-9-1-2-14(6-9,7-13(17)18)11(10)4-8/h1-2,4,9-11H,3,5-7H2,(H,15,16)(H,17,18). The van der Waals surface area contributed by atoms with Crippen LogP contribution in [0.5, 0.6) is 0 Å². The molecule has 4 nitrogen and oxygen atoms in total. The van der Waals surface area contributed by atoms with E-state index in [4.69, 9.17) is 10.2 Å². The number of allylic oxidation sites excluding steroid dienone is 3. The largest absolute Gasteiger partial charge is 0.481 e. The van der Waals surface area contributed by atoms with Gasteiger partial charge in [-0.1, -0.05) is 23.8 Å². The maximum Gasteiger partial charge on any atom is 0.307 e. The lowest BCUT2D eigenvalue weighted by Gasteiger charge is -2.30. The van der Waals surface area contributed by atoms with E-state index in [0.717, 1.165) is 18.4 Å². The van der Waals surface area contributed by atoms with Gasteiger partial charge in [-0.15, -0.1) is 0 Å². The molecule has 3 aliphatic carbocycles. The lowest BCUT2D eigenvalue weighted by molar-refractivity contribution is -0.139. The van der Waals surface area contributed by atoms with Crippen LogP contribution in [0.3, 0.4) is 0 Å². The number of rotatable bonds is 4. The molecule has 4 heteroatoms. The first-order chi connectivity index (χ1) is 8.50. The second kappa shape index (κ2) is 3.70. The van der Waals surface area contributed by atoms with Crippen molar-refractivity contribution in [2.24, 2.45) is 23.2 Å². The van der Waals surface area contributed by atoms with Crippen molar-refractivity contribution in [2.75, 3.05) is 0 Å². The maximum absolute atomic E-state index is 11.0. The number of carboxylic acids is 2. The average Bonchev–Trinajstić information content (AvgIpc) is 2.85. The Bertz CT molecular complexity index is 476. The van der Waals surface area contributed by atoms with Crippen molar-refractivity contribution in [1.82, 2.24) is 0 Å². The van der Waals surface area contributed by atoms with E-state index in [0.29, 0.717) is 11.8 Å². The fraction of sp³-hybridized carbons (Fsp3) is 0.571. The van der Waals surface area contributed by atoms with Gasteiger partial charge in [-0.3, -0.25) is 9.59 Å². The van der Waals surface area contributed by atoms with Gasteiger partial charge in [0.25, 0.3) is 0 Å². The summed E-state index contributed by atoms with van der Waals surface area (Å²) in [5.74, 6) is -0.451. The molecule has 2 N–H and O–H groups in total. The second-order valence-electron chi connectivity index (χ2n) is 5.82. The number of hydrogen-bond acceptors (Lipinski definition) is 2. The van der Waals surface area contributed by atoms with Crippen molar-refractivity contribution < 1.29 is 19.8 Å². The summed E-state index contributed by atoms with van der Waals surface area (Å²) in [6, 6.07) is 0. The molecule has 3 rings (SSSR count). The Labute approximate surface area is 105 Å². The molecule has 4 unspecified atom stereocenters. The van der Waals surface area contributed by atoms with E-state index in [-0.39, 0.29) is 24.2 Å². The summed E-state index contributed by atoms with van der Waals surface area (Å²) in [6.07, 6.45) is 8.26. The van der Waals surface area contributed by atoms with Crippen molar-refractivity contribution in [3.63, 3.8) is 0 Å². The van der Waals surface area contributed by atoms with Crippen LogP contribution in [-0.4, -0.2) is 22.2 Å². The zero-order valence-electron chi connectivity index (χ0n) is 10.0. The third kappa shape index (κ3) is 1.59. The van der Waals surface area contributed by atoms with E-state index in [1.165, 1.54) is 0 Å². The molecule has 3 aliphatic rings. The number of carboxylic acid groups (broad SMARTS) is 2. The quantitative estimate of drug-likeness (QED) is 0.747. The molecular weight excluding hydrogens is 232 g/mol. The Morgan fingerprint density at radius 3 is 2.78 bits per heavy atom. The summed E-state index contributed by atoms with van der Waals surface area (Å²) in [6.45, 7) is 0. The molecule has 1 fully saturated rings. The van der Waals surface area contributed by atoms with Crippen LogP contribution < -0.4 is 0 Å². The third-order valence-corrected chi connectivity index (χ3v) is 4.74. The lowest BCUT2D eigenvalue weighted by Crippen LogP contribution is -2.27. The maximum atomic E-state index is 11.0. The van der Waals surface area contributed by atoms with Crippen molar-refractivity contribution >= 4 is 11.9 Å². The number of fused-ring (bicyclic) bond motifs is 5. The molecule has 0 spiro atoms. The van der Waals surface area contributed by atoms with E-state index in [9.17, 15) is 9.59 Å². The molecule has 0 aromatic heterocycles. The Hall–Kier alpha value is -1.58. The molecule has 4 atom stereocenters. The summed E-state index contributed by atoms with van der Waals surface area (Å²) in [5, 5.41) is 17.9. The topological polar surface area (TPSA) is 74.6 Å². The molecule has 0 aromatic carbocycles. The lowest BCUT2D eigenvalue weighted by atomic mass is 9.73. The number of hydrogen-bond donors (Lipinski definition) is 2. The third-order valence-electron chi connectivity index (χ3n) is 4.74. The van der Waals surface area contributed by atoms with Crippen LogP contribution in [0.1, 0.15) is 25.7 Å². The van der Waals surface area contributed by atoms with Crippen LogP contribution >= 0.6 is 0 Å². The second-order valence-corrected chi connectivity index (χ2v) is 5.82. The molecular formula is C14H16O4. The van der Waals surface area contributed by atoms with Gasteiger partial charge in [-0.2, -0.15) is 0 Å². The average molecular weight is 248 g/mol. The molecule has 0 aromatic rings. The summed E-state index contributed by atoms with van der Waals surface area (Å²) in [7, 11) is 0. The van der Waals surface area contributed by atoms with Crippen LogP contribution in [0.2, 0.25) is 0 Å². The Morgan fingerprint density at radius 1 is 1.33 bits per heavy atom. The molecule has 96 valence electrons. The summed E-state index contributed by atoms with van der Waals surface area (Å²) in [4.78, 5) is 21.8. The van der Waals surface area contributed by atoms with Crippen LogP contribution in [0.25, 0.3) is 0 Å². The smallest absolute Gasteiger partial charge is 0.307 e. The monoisotopic (exact) mass is 248 g/mol. The fourth-order valence-corrected chi connectivity index (χ4v) is 4.17. The van der Waals surface area contributed by atoms with E-state index in [2.05, 4.69) is 12.2 Å². The minimum Gasteiger partial charge on any atom is -0.481 e. The molecule has 18 heavy (non-hydrogen) atoms. The van der Waals surface area contributed by atoms with E-state index in [1.807, 2.05) is 6.08 Å². The van der Waals surface area contributed by atoms with Crippen molar-refractivity contribution in [3.8, 4) is 0 Å². The zero-order chi connectivity index (χ0) is 12.9. The summed E-state index contributed by atoms with van der Waals surface area (Å²) < 4.78 is 0. The van der Waals surface area contributed by atoms with Gasteiger partial charge in [0.15, 0.2) is 0 Å². The fourth-order valence-electron chi connectivity index (χ4n) is 4.17. The van der Waals surface area contributed by atoms with Gasteiger partial charge in [0.1, 0.15) is 0 Å². The van der Waals surface area contributed by atoms with Crippen LogP contribution in [0.4, 0.5) is 0 Å². The Morgan fingerprint density at radius 2 is 2.11 bits per heavy atom. The van der Waals surface area contributed by atoms with Gasteiger partial charge in [-0.25, -0.2) is 0 Å². The molecule has 0 amide bonds. The van der Waals surface area contributed by atoms with Crippen LogP contribution in [0.15, 0.2) is 23.8 Å². The predicted molar refractivity (Wildman–Crippen MR) is 63.9 cm³/mol. The van der Waals surface area contributed by atoms with Gasteiger partial charge < -0.3 is 10.2 Å². The minimum atomic E-state index is -0.797. The highest BCUT2D eigenvalue weighted by molar-refractivity contribution is 5.71. The van der Waals surface area contributed by atoms with E-state index < -0.39 is 11.9 Å².